The van der Waals surface area contributed by atoms with E-state index in [2.05, 4.69) is 11.8 Å². The predicted molar refractivity (Wildman–Crippen MR) is 93.1 cm³/mol. The summed E-state index contributed by atoms with van der Waals surface area (Å²) in [6.07, 6.45) is 7.74. The maximum Gasteiger partial charge on any atom is 0.194 e. The van der Waals surface area contributed by atoms with Crippen molar-refractivity contribution in [2.45, 2.75) is 45.4 Å². The highest BCUT2D eigenvalue weighted by molar-refractivity contribution is 7.13. The molecule has 1 aromatic rings. The SMILES string of the molecule is CCCCCN1CCC(CCOc2scc(Cl)c2Cl)CC1. The highest BCUT2D eigenvalue weighted by atomic mass is 35.5. The van der Waals surface area contributed by atoms with Gasteiger partial charge in [-0.15, -0.1) is 11.3 Å². The van der Waals surface area contributed by atoms with Gasteiger partial charge in [0.2, 0.25) is 0 Å². The number of hydrogen-bond acceptors (Lipinski definition) is 3. The fourth-order valence-corrected chi connectivity index (χ4v) is 4.08. The molecular formula is C16H25Cl2NOS. The van der Waals surface area contributed by atoms with E-state index in [9.17, 15) is 0 Å². The minimum absolute atomic E-state index is 0.562. The van der Waals surface area contributed by atoms with E-state index in [1.807, 2.05) is 5.38 Å². The van der Waals surface area contributed by atoms with Crippen LogP contribution >= 0.6 is 34.5 Å². The van der Waals surface area contributed by atoms with Gasteiger partial charge in [-0.2, -0.15) is 0 Å². The van der Waals surface area contributed by atoms with Crippen LogP contribution in [0.1, 0.15) is 45.4 Å². The van der Waals surface area contributed by atoms with Crippen LogP contribution in [0.4, 0.5) is 0 Å². The van der Waals surface area contributed by atoms with Crippen molar-refractivity contribution in [1.82, 2.24) is 4.90 Å². The minimum atomic E-state index is 0.562. The molecule has 2 rings (SSSR count). The molecule has 2 heterocycles. The number of ether oxygens (including phenoxy) is 1. The van der Waals surface area contributed by atoms with E-state index in [0.717, 1.165) is 24.0 Å². The molecule has 5 heteroatoms. The number of nitrogens with zero attached hydrogens (tertiary/aromatic N) is 1. The molecule has 0 bridgehead atoms. The topological polar surface area (TPSA) is 12.5 Å². The summed E-state index contributed by atoms with van der Waals surface area (Å²) in [5.41, 5.74) is 0. The van der Waals surface area contributed by atoms with Gasteiger partial charge in [-0.05, 0) is 51.2 Å². The van der Waals surface area contributed by atoms with Crippen LogP contribution in [0.3, 0.4) is 0 Å². The summed E-state index contributed by atoms with van der Waals surface area (Å²) >= 11 is 13.5. The summed E-state index contributed by atoms with van der Waals surface area (Å²) in [6, 6.07) is 0. The normalized spacial score (nSPS) is 17.3. The molecule has 1 aliphatic rings. The maximum absolute atomic E-state index is 6.06. The van der Waals surface area contributed by atoms with Crippen molar-refractivity contribution in [3.63, 3.8) is 0 Å². The zero-order valence-electron chi connectivity index (χ0n) is 12.7. The Bertz CT molecular complexity index is 416. The lowest BCUT2D eigenvalue weighted by Gasteiger charge is -2.31. The molecule has 120 valence electrons. The molecule has 0 radical (unpaired) electrons. The number of thiophene rings is 1. The number of hydrogen-bond donors (Lipinski definition) is 0. The lowest BCUT2D eigenvalue weighted by atomic mass is 9.94. The first kappa shape index (κ1) is 17.4. The second-order valence-corrected chi connectivity index (χ2v) is 7.44. The molecule has 0 amide bonds. The van der Waals surface area contributed by atoms with Gasteiger partial charge in [-0.25, -0.2) is 0 Å². The molecule has 1 fully saturated rings. The van der Waals surface area contributed by atoms with Crippen LogP contribution in [0.15, 0.2) is 5.38 Å². The van der Waals surface area contributed by atoms with Crippen LogP contribution in [0.25, 0.3) is 0 Å². The van der Waals surface area contributed by atoms with E-state index >= 15 is 0 Å². The van der Waals surface area contributed by atoms with Crippen molar-refractivity contribution in [1.29, 1.82) is 0 Å². The molecule has 0 spiro atoms. The van der Waals surface area contributed by atoms with Crippen molar-refractivity contribution in [3.8, 4) is 5.06 Å². The van der Waals surface area contributed by atoms with E-state index < -0.39 is 0 Å². The fraction of sp³-hybridized carbons (Fsp3) is 0.750. The average molecular weight is 350 g/mol. The van der Waals surface area contributed by atoms with Crippen molar-refractivity contribution >= 4 is 34.5 Å². The molecule has 0 aliphatic carbocycles. The van der Waals surface area contributed by atoms with Crippen molar-refractivity contribution in [2.75, 3.05) is 26.2 Å². The summed E-state index contributed by atoms with van der Waals surface area (Å²) in [6.45, 7) is 6.79. The van der Waals surface area contributed by atoms with Crippen LogP contribution in [0.2, 0.25) is 10.0 Å². The molecule has 0 unspecified atom stereocenters. The standard InChI is InChI=1S/C16H25Cl2NOS/c1-2-3-4-8-19-9-5-13(6-10-19)7-11-20-16-15(18)14(17)12-21-16/h12-13H,2-11H2,1H3. The highest BCUT2D eigenvalue weighted by Gasteiger charge is 2.19. The van der Waals surface area contributed by atoms with Crippen LogP contribution in [0.5, 0.6) is 5.06 Å². The molecule has 2 nitrogen and oxygen atoms in total. The number of halogens is 2. The van der Waals surface area contributed by atoms with E-state index in [-0.39, 0.29) is 0 Å². The number of piperidine rings is 1. The monoisotopic (exact) mass is 349 g/mol. The first-order valence-corrected chi connectivity index (χ1v) is 9.62. The van der Waals surface area contributed by atoms with Gasteiger partial charge in [0, 0.05) is 5.38 Å². The third-order valence-corrected chi connectivity index (χ3v) is 6.10. The largest absolute Gasteiger partial charge is 0.483 e. The van der Waals surface area contributed by atoms with Crippen molar-refractivity contribution in [2.24, 2.45) is 5.92 Å². The van der Waals surface area contributed by atoms with Crippen LogP contribution < -0.4 is 4.74 Å². The minimum Gasteiger partial charge on any atom is -0.483 e. The molecule has 1 saturated heterocycles. The van der Waals surface area contributed by atoms with Crippen LogP contribution in [-0.4, -0.2) is 31.1 Å². The predicted octanol–water partition coefficient (Wildman–Crippen LogP) is 5.73. The molecule has 0 saturated carbocycles. The molecule has 0 N–H and O–H groups in total. The van der Waals surface area contributed by atoms with E-state index in [1.165, 1.54) is 63.1 Å². The lowest BCUT2D eigenvalue weighted by Crippen LogP contribution is -2.34. The van der Waals surface area contributed by atoms with Crippen LogP contribution in [0, 0.1) is 5.92 Å². The first-order chi connectivity index (χ1) is 10.2. The van der Waals surface area contributed by atoms with Gasteiger partial charge in [-0.1, -0.05) is 43.0 Å². The maximum atomic E-state index is 6.06. The Labute approximate surface area is 142 Å². The molecule has 21 heavy (non-hydrogen) atoms. The highest BCUT2D eigenvalue weighted by Crippen LogP contribution is 2.38. The summed E-state index contributed by atoms with van der Waals surface area (Å²) in [5, 5.41) is 3.75. The first-order valence-electron chi connectivity index (χ1n) is 7.98. The molecular weight excluding hydrogens is 325 g/mol. The smallest absolute Gasteiger partial charge is 0.194 e. The molecule has 0 atom stereocenters. The zero-order valence-corrected chi connectivity index (χ0v) is 15.1. The van der Waals surface area contributed by atoms with Crippen molar-refractivity contribution in [3.05, 3.63) is 15.4 Å². The molecule has 1 aliphatic heterocycles. The van der Waals surface area contributed by atoms with Gasteiger partial charge in [0.1, 0.15) is 5.02 Å². The Balaban J connectivity index is 1.59. The summed E-state index contributed by atoms with van der Waals surface area (Å²) in [5.74, 6) is 0.793. The molecule has 0 aromatic carbocycles. The van der Waals surface area contributed by atoms with E-state index in [1.54, 1.807) is 0 Å². The zero-order chi connectivity index (χ0) is 15.1. The van der Waals surface area contributed by atoms with Gasteiger partial charge in [0.25, 0.3) is 0 Å². The number of rotatable bonds is 8. The van der Waals surface area contributed by atoms with E-state index in [0.29, 0.717) is 10.0 Å². The van der Waals surface area contributed by atoms with Gasteiger partial charge < -0.3 is 9.64 Å². The Morgan fingerprint density at radius 2 is 2.05 bits per heavy atom. The Morgan fingerprint density at radius 3 is 2.67 bits per heavy atom. The van der Waals surface area contributed by atoms with E-state index in [4.69, 9.17) is 27.9 Å². The average Bonchev–Trinajstić information content (AvgIpc) is 2.81. The second kappa shape index (κ2) is 9.24. The molecule has 1 aromatic heterocycles. The summed E-state index contributed by atoms with van der Waals surface area (Å²) < 4.78 is 5.76. The summed E-state index contributed by atoms with van der Waals surface area (Å²) in [4.78, 5) is 2.61. The van der Waals surface area contributed by atoms with Crippen molar-refractivity contribution < 1.29 is 4.74 Å². The van der Waals surface area contributed by atoms with Gasteiger partial charge in [0.15, 0.2) is 5.06 Å². The number of unbranched alkanes of at least 4 members (excludes halogenated alkanes) is 2. The fourth-order valence-electron chi connectivity index (χ4n) is 2.81. The Hall–Kier alpha value is 0.0400. The van der Waals surface area contributed by atoms with Gasteiger partial charge in [0.05, 0.1) is 11.6 Å². The summed E-state index contributed by atoms with van der Waals surface area (Å²) in [7, 11) is 0. The second-order valence-electron chi connectivity index (χ2n) is 5.81. The Morgan fingerprint density at radius 1 is 1.29 bits per heavy atom. The van der Waals surface area contributed by atoms with Gasteiger partial charge >= 0.3 is 0 Å². The quantitative estimate of drug-likeness (QED) is 0.556. The Kier molecular flexibility index (Phi) is 7.65. The third kappa shape index (κ3) is 5.63. The number of likely N-dealkylation sites (tertiary alicyclic amines) is 1. The third-order valence-electron chi connectivity index (χ3n) is 4.20. The van der Waals surface area contributed by atoms with Crippen LogP contribution in [-0.2, 0) is 0 Å². The lowest BCUT2D eigenvalue weighted by molar-refractivity contribution is 0.162. The van der Waals surface area contributed by atoms with Gasteiger partial charge in [-0.3, -0.25) is 0 Å².